The van der Waals surface area contributed by atoms with E-state index in [1.165, 1.54) is 5.56 Å². The molecule has 0 aliphatic rings. The van der Waals surface area contributed by atoms with Gasteiger partial charge in [0.15, 0.2) is 11.5 Å². The Labute approximate surface area is 112 Å². The van der Waals surface area contributed by atoms with E-state index in [1.807, 2.05) is 12.1 Å². The Morgan fingerprint density at radius 3 is 2.24 bits per heavy atom. The first kappa shape index (κ1) is 14.3. The van der Waals surface area contributed by atoms with Crippen molar-refractivity contribution in [3.63, 3.8) is 0 Å². The van der Waals surface area contributed by atoms with Crippen molar-refractivity contribution in [1.29, 1.82) is 0 Å². The highest BCUT2D eigenvalue weighted by Crippen LogP contribution is 2.33. The Morgan fingerprint density at radius 2 is 1.71 bits per heavy atom. The van der Waals surface area contributed by atoms with Gasteiger partial charge in [-0.3, -0.25) is 0 Å². The highest BCUT2D eigenvalue weighted by molar-refractivity contribution is 9.10. The summed E-state index contributed by atoms with van der Waals surface area (Å²) in [6, 6.07) is 4.00. The molecule has 0 N–H and O–H groups in total. The van der Waals surface area contributed by atoms with E-state index >= 15 is 0 Å². The summed E-state index contributed by atoms with van der Waals surface area (Å²) < 4.78 is 11.6. The standard InChI is InChI=1S/C13H20BrNO2/c1-15(2)7-5-6-10-8-12(16-3)13(17-4)9-11(10)14/h8-9H,5-7H2,1-4H3. The Hall–Kier alpha value is -0.740. The fourth-order valence-electron chi connectivity index (χ4n) is 1.67. The smallest absolute Gasteiger partial charge is 0.161 e. The SMILES string of the molecule is COc1cc(Br)c(CCCN(C)C)cc1OC. The molecule has 1 rings (SSSR count). The fourth-order valence-corrected chi connectivity index (χ4v) is 2.19. The van der Waals surface area contributed by atoms with Crippen LogP contribution in [0.25, 0.3) is 0 Å². The van der Waals surface area contributed by atoms with Gasteiger partial charge < -0.3 is 14.4 Å². The molecule has 4 heteroatoms. The fraction of sp³-hybridized carbons (Fsp3) is 0.538. The molecule has 96 valence electrons. The van der Waals surface area contributed by atoms with Crippen molar-refractivity contribution >= 4 is 15.9 Å². The zero-order valence-electron chi connectivity index (χ0n) is 10.9. The lowest BCUT2D eigenvalue weighted by atomic mass is 10.1. The number of nitrogens with zero attached hydrogens (tertiary/aromatic N) is 1. The quantitative estimate of drug-likeness (QED) is 0.806. The largest absolute Gasteiger partial charge is 0.493 e. The molecule has 1 aromatic carbocycles. The van der Waals surface area contributed by atoms with Crippen LogP contribution < -0.4 is 9.47 Å². The van der Waals surface area contributed by atoms with Crippen molar-refractivity contribution in [1.82, 2.24) is 4.90 Å². The zero-order chi connectivity index (χ0) is 12.8. The molecule has 0 saturated heterocycles. The first-order valence-corrected chi connectivity index (χ1v) is 6.43. The number of aryl methyl sites for hydroxylation is 1. The molecule has 3 nitrogen and oxygen atoms in total. The lowest BCUT2D eigenvalue weighted by Crippen LogP contribution is -2.13. The number of hydrogen-bond donors (Lipinski definition) is 0. The van der Waals surface area contributed by atoms with Gasteiger partial charge in [0.25, 0.3) is 0 Å². The molecule has 0 heterocycles. The van der Waals surface area contributed by atoms with Crippen LogP contribution in [-0.2, 0) is 6.42 Å². The van der Waals surface area contributed by atoms with Gasteiger partial charge in [-0.05, 0) is 51.2 Å². The highest BCUT2D eigenvalue weighted by atomic mass is 79.9. The molecule has 0 aromatic heterocycles. The van der Waals surface area contributed by atoms with Gasteiger partial charge in [-0.2, -0.15) is 0 Å². The first-order valence-electron chi connectivity index (χ1n) is 5.63. The molecule has 0 unspecified atom stereocenters. The summed E-state index contributed by atoms with van der Waals surface area (Å²) >= 11 is 3.57. The third-order valence-corrected chi connectivity index (χ3v) is 3.34. The van der Waals surface area contributed by atoms with Gasteiger partial charge in [0.2, 0.25) is 0 Å². The Kier molecular flexibility index (Phi) is 5.78. The molecule has 0 bridgehead atoms. The molecule has 0 aliphatic heterocycles. The van der Waals surface area contributed by atoms with Crippen molar-refractivity contribution in [2.75, 3.05) is 34.9 Å². The van der Waals surface area contributed by atoms with Crippen molar-refractivity contribution in [2.45, 2.75) is 12.8 Å². The van der Waals surface area contributed by atoms with Crippen molar-refractivity contribution in [3.8, 4) is 11.5 Å². The van der Waals surface area contributed by atoms with Gasteiger partial charge in [-0.25, -0.2) is 0 Å². The van der Waals surface area contributed by atoms with E-state index < -0.39 is 0 Å². The maximum absolute atomic E-state index is 5.30. The second kappa shape index (κ2) is 6.87. The molecular formula is C13H20BrNO2. The van der Waals surface area contributed by atoms with Gasteiger partial charge in [-0.1, -0.05) is 15.9 Å². The van der Waals surface area contributed by atoms with Crippen molar-refractivity contribution in [2.24, 2.45) is 0 Å². The minimum atomic E-state index is 0.760. The lowest BCUT2D eigenvalue weighted by Gasteiger charge is -2.13. The average Bonchev–Trinajstić information content (AvgIpc) is 2.30. The molecular weight excluding hydrogens is 282 g/mol. The molecule has 0 fully saturated rings. The Morgan fingerprint density at radius 1 is 1.12 bits per heavy atom. The Bertz CT molecular complexity index is 367. The number of hydrogen-bond acceptors (Lipinski definition) is 3. The summed E-state index contributed by atoms with van der Waals surface area (Å²) in [5, 5.41) is 0. The predicted molar refractivity (Wildman–Crippen MR) is 74.1 cm³/mol. The first-order chi connectivity index (χ1) is 8.08. The van der Waals surface area contributed by atoms with Crippen LogP contribution in [-0.4, -0.2) is 39.8 Å². The van der Waals surface area contributed by atoms with Gasteiger partial charge in [-0.15, -0.1) is 0 Å². The van der Waals surface area contributed by atoms with Gasteiger partial charge in [0, 0.05) is 4.47 Å². The van der Waals surface area contributed by atoms with Crippen LogP contribution in [0.2, 0.25) is 0 Å². The van der Waals surface area contributed by atoms with E-state index in [9.17, 15) is 0 Å². The molecule has 0 amide bonds. The minimum Gasteiger partial charge on any atom is -0.493 e. The van der Waals surface area contributed by atoms with E-state index in [2.05, 4.69) is 34.9 Å². The van der Waals surface area contributed by atoms with Crippen LogP contribution in [0.5, 0.6) is 11.5 Å². The van der Waals surface area contributed by atoms with Crippen LogP contribution >= 0.6 is 15.9 Å². The number of halogens is 1. The number of methoxy groups -OCH3 is 2. The molecule has 0 saturated carbocycles. The molecule has 0 aliphatic carbocycles. The monoisotopic (exact) mass is 301 g/mol. The summed E-state index contributed by atoms with van der Waals surface area (Å²) in [5.74, 6) is 1.55. The van der Waals surface area contributed by atoms with Crippen molar-refractivity contribution in [3.05, 3.63) is 22.2 Å². The normalized spacial score (nSPS) is 10.7. The minimum absolute atomic E-state index is 0.760. The third kappa shape index (κ3) is 4.21. The lowest BCUT2D eigenvalue weighted by molar-refractivity contribution is 0.354. The Balaban J connectivity index is 2.78. The highest BCUT2D eigenvalue weighted by Gasteiger charge is 2.09. The molecule has 1 aromatic rings. The summed E-state index contributed by atoms with van der Waals surface area (Å²) in [5.41, 5.74) is 1.25. The van der Waals surface area contributed by atoms with Crippen LogP contribution in [0, 0.1) is 0 Å². The topological polar surface area (TPSA) is 21.7 Å². The second-order valence-electron chi connectivity index (χ2n) is 4.21. The van der Waals surface area contributed by atoms with Gasteiger partial charge in [0.05, 0.1) is 14.2 Å². The molecule has 0 spiro atoms. The summed E-state index contributed by atoms with van der Waals surface area (Å²) in [6.45, 7) is 1.08. The van der Waals surface area contributed by atoms with E-state index in [0.29, 0.717) is 0 Å². The summed E-state index contributed by atoms with van der Waals surface area (Å²) in [4.78, 5) is 2.19. The molecule has 0 atom stereocenters. The summed E-state index contributed by atoms with van der Waals surface area (Å²) in [7, 11) is 7.48. The second-order valence-corrected chi connectivity index (χ2v) is 5.06. The molecule has 17 heavy (non-hydrogen) atoms. The number of benzene rings is 1. The predicted octanol–water partition coefficient (Wildman–Crippen LogP) is 2.96. The number of rotatable bonds is 6. The van der Waals surface area contributed by atoms with Crippen LogP contribution in [0.1, 0.15) is 12.0 Å². The van der Waals surface area contributed by atoms with E-state index in [0.717, 1.165) is 35.4 Å². The van der Waals surface area contributed by atoms with Crippen LogP contribution in [0.4, 0.5) is 0 Å². The maximum atomic E-state index is 5.30. The maximum Gasteiger partial charge on any atom is 0.161 e. The van der Waals surface area contributed by atoms with E-state index in [-0.39, 0.29) is 0 Å². The zero-order valence-corrected chi connectivity index (χ0v) is 12.5. The van der Waals surface area contributed by atoms with Crippen LogP contribution in [0.3, 0.4) is 0 Å². The van der Waals surface area contributed by atoms with Crippen LogP contribution in [0.15, 0.2) is 16.6 Å². The number of ether oxygens (including phenoxy) is 2. The van der Waals surface area contributed by atoms with E-state index in [4.69, 9.17) is 9.47 Å². The van der Waals surface area contributed by atoms with Gasteiger partial charge in [0.1, 0.15) is 0 Å². The van der Waals surface area contributed by atoms with E-state index in [1.54, 1.807) is 14.2 Å². The van der Waals surface area contributed by atoms with Gasteiger partial charge >= 0.3 is 0 Å². The van der Waals surface area contributed by atoms with Crippen molar-refractivity contribution < 1.29 is 9.47 Å². The summed E-state index contributed by atoms with van der Waals surface area (Å²) in [6.07, 6.45) is 2.15. The average molecular weight is 302 g/mol. The molecule has 0 radical (unpaired) electrons. The third-order valence-electron chi connectivity index (χ3n) is 2.60.